The second-order valence-corrected chi connectivity index (χ2v) is 9.52. The Hall–Kier alpha value is -0.0100. The number of ether oxygens (including phenoxy) is 3. The molecule has 1 heterocycles. The Kier molecular flexibility index (Phi) is 13.0. The molecular formula is C19H39O7P. The zero-order valence-corrected chi connectivity index (χ0v) is 18.0. The maximum Gasteiger partial charge on any atom is 0.355 e. The number of rotatable bonds is 17. The Labute approximate surface area is 164 Å². The highest BCUT2D eigenvalue weighted by Crippen LogP contribution is 2.42. The first-order chi connectivity index (χ1) is 12.9. The van der Waals surface area contributed by atoms with E-state index >= 15 is 0 Å². The molecule has 0 aromatic heterocycles. The highest BCUT2D eigenvalue weighted by molar-refractivity contribution is 7.52. The van der Waals surface area contributed by atoms with Gasteiger partial charge in [-0.1, -0.05) is 58.3 Å². The van der Waals surface area contributed by atoms with E-state index in [-0.39, 0.29) is 12.3 Å². The molecule has 1 aliphatic heterocycles. The SMILES string of the molecule is CCCCCCCCCCCOCC1COC(C)(CCCP(=O)(O)OO)O1. The molecule has 0 spiro atoms. The summed E-state index contributed by atoms with van der Waals surface area (Å²) in [6.45, 7) is 5.77. The molecule has 0 aliphatic carbocycles. The van der Waals surface area contributed by atoms with Crippen LogP contribution in [0.15, 0.2) is 0 Å². The summed E-state index contributed by atoms with van der Waals surface area (Å²) in [6.07, 6.45) is 12.2. The maximum absolute atomic E-state index is 11.2. The number of hydrogen-bond acceptors (Lipinski definition) is 6. The molecule has 3 unspecified atom stereocenters. The first-order valence-corrected chi connectivity index (χ1v) is 12.2. The molecular weight excluding hydrogens is 371 g/mol. The minimum atomic E-state index is -3.90. The van der Waals surface area contributed by atoms with E-state index in [4.69, 9.17) is 19.5 Å². The topological polar surface area (TPSA) is 94.5 Å². The molecule has 0 bridgehead atoms. The molecule has 0 amide bonds. The Morgan fingerprint density at radius 3 is 2.33 bits per heavy atom. The molecule has 3 atom stereocenters. The van der Waals surface area contributed by atoms with Crippen LogP contribution in [-0.2, 0) is 23.5 Å². The molecule has 1 aliphatic rings. The van der Waals surface area contributed by atoms with Crippen LogP contribution in [0.1, 0.15) is 84.5 Å². The van der Waals surface area contributed by atoms with Crippen LogP contribution in [0.2, 0.25) is 0 Å². The normalized spacial score (nSPS) is 25.0. The van der Waals surface area contributed by atoms with Gasteiger partial charge >= 0.3 is 7.60 Å². The highest BCUT2D eigenvalue weighted by Gasteiger charge is 2.37. The predicted molar refractivity (Wildman–Crippen MR) is 105 cm³/mol. The molecule has 162 valence electrons. The van der Waals surface area contributed by atoms with Crippen molar-refractivity contribution in [1.82, 2.24) is 0 Å². The van der Waals surface area contributed by atoms with E-state index in [0.29, 0.717) is 26.1 Å². The van der Waals surface area contributed by atoms with Crippen LogP contribution in [0.25, 0.3) is 0 Å². The average molecular weight is 410 g/mol. The van der Waals surface area contributed by atoms with E-state index in [1.54, 1.807) is 0 Å². The van der Waals surface area contributed by atoms with Crippen molar-refractivity contribution in [1.29, 1.82) is 0 Å². The Morgan fingerprint density at radius 1 is 1.07 bits per heavy atom. The maximum atomic E-state index is 11.2. The van der Waals surface area contributed by atoms with Gasteiger partial charge in [0.1, 0.15) is 6.10 Å². The van der Waals surface area contributed by atoms with Crippen LogP contribution < -0.4 is 0 Å². The molecule has 27 heavy (non-hydrogen) atoms. The third-order valence-corrected chi connectivity index (χ3v) is 6.02. The van der Waals surface area contributed by atoms with Gasteiger partial charge in [-0.2, -0.15) is 4.67 Å². The minimum absolute atomic E-state index is 0.108. The van der Waals surface area contributed by atoms with E-state index in [1.165, 1.54) is 51.4 Å². The second-order valence-electron chi connectivity index (χ2n) is 7.63. The van der Waals surface area contributed by atoms with Crippen molar-refractivity contribution < 1.29 is 33.6 Å². The van der Waals surface area contributed by atoms with E-state index in [9.17, 15) is 9.46 Å². The van der Waals surface area contributed by atoms with Crippen molar-refractivity contribution in [2.45, 2.75) is 96.4 Å². The highest BCUT2D eigenvalue weighted by atomic mass is 31.2. The van der Waals surface area contributed by atoms with Crippen LogP contribution >= 0.6 is 7.60 Å². The van der Waals surface area contributed by atoms with Gasteiger partial charge in [0, 0.05) is 13.0 Å². The van der Waals surface area contributed by atoms with Gasteiger partial charge in [-0.15, -0.1) is 0 Å². The third kappa shape index (κ3) is 12.2. The third-order valence-electron chi connectivity index (χ3n) is 4.89. The van der Waals surface area contributed by atoms with E-state index in [1.807, 2.05) is 6.92 Å². The number of unbranched alkanes of at least 4 members (excludes halogenated alkanes) is 8. The molecule has 8 heteroatoms. The van der Waals surface area contributed by atoms with E-state index in [2.05, 4.69) is 11.6 Å². The fourth-order valence-electron chi connectivity index (χ4n) is 3.27. The monoisotopic (exact) mass is 410 g/mol. The zero-order chi connectivity index (χ0) is 20.0. The summed E-state index contributed by atoms with van der Waals surface area (Å²) < 4.78 is 32.1. The Bertz CT molecular complexity index is 421. The molecule has 1 rings (SSSR count). The summed E-state index contributed by atoms with van der Waals surface area (Å²) in [5, 5.41) is 8.33. The lowest BCUT2D eigenvalue weighted by molar-refractivity contribution is -0.164. The summed E-state index contributed by atoms with van der Waals surface area (Å²) in [5.41, 5.74) is 0. The van der Waals surface area contributed by atoms with Gasteiger partial charge in [-0.05, 0) is 19.8 Å². The van der Waals surface area contributed by atoms with Gasteiger partial charge in [0.05, 0.1) is 19.4 Å². The van der Waals surface area contributed by atoms with Crippen LogP contribution in [0.4, 0.5) is 0 Å². The Balaban J connectivity index is 1.97. The van der Waals surface area contributed by atoms with Gasteiger partial charge in [0.25, 0.3) is 0 Å². The smallest absolute Gasteiger partial charge is 0.355 e. The summed E-state index contributed by atoms with van der Waals surface area (Å²) in [5.74, 6) is -0.777. The molecule has 1 fully saturated rings. The molecule has 0 saturated carbocycles. The van der Waals surface area contributed by atoms with Crippen molar-refractivity contribution >= 4 is 7.60 Å². The van der Waals surface area contributed by atoms with Crippen molar-refractivity contribution in [3.63, 3.8) is 0 Å². The summed E-state index contributed by atoms with van der Waals surface area (Å²) in [7, 11) is -3.90. The van der Waals surface area contributed by atoms with Crippen molar-refractivity contribution in [3.05, 3.63) is 0 Å². The zero-order valence-electron chi connectivity index (χ0n) is 17.1. The lowest BCUT2D eigenvalue weighted by atomic mass is 10.1. The van der Waals surface area contributed by atoms with Gasteiger partial charge in [0.15, 0.2) is 5.79 Å². The lowest BCUT2D eigenvalue weighted by Crippen LogP contribution is -2.28. The second kappa shape index (κ2) is 14.0. The first kappa shape index (κ1) is 25.0. The van der Waals surface area contributed by atoms with Gasteiger partial charge in [-0.3, -0.25) is 4.57 Å². The fourth-order valence-corrected chi connectivity index (χ4v) is 3.91. The molecule has 7 nitrogen and oxygen atoms in total. The van der Waals surface area contributed by atoms with E-state index < -0.39 is 13.4 Å². The quantitative estimate of drug-likeness (QED) is 0.149. The predicted octanol–water partition coefficient (Wildman–Crippen LogP) is 5.12. The molecule has 2 N–H and O–H groups in total. The van der Waals surface area contributed by atoms with Gasteiger partial charge in [-0.25, -0.2) is 5.26 Å². The van der Waals surface area contributed by atoms with Crippen molar-refractivity contribution in [3.8, 4) is 0 Å². The number of hydrogen-bond donors (Lipinski definition) is 2. The molecule has 0 aromatic carbocycles. The van der Waals surface area contributed by atoms with Gasteiger partial charge < -0.3 is 19.1 Å². The van der Waals surface area contributed by atoms with Crippen molar-refractivity contribution in [2.24, 2.45) is 0 Å². The first-order valence-electron chi connectivity index (χ1n) is 10.5. The summed E-state index contributed by atoms with van der Waals surface area (Å²) in [4.78, 5) is 9.18. The fraction of sp³-hybridized carbons (Fsp3) is 1.00. The lowest BCUT2D eigenvalue weighted by Gasteiger charge is -2.23. The van der Waals surface area contributed by atoms with Crippen molar-refractivity contribution in [2.75, 3.05) is 26.0 Å². The Morgan fingerprint density at radius 2 is 1.70 bits per heavy atom. The molecule has 1 saturated heterocycles. The van der Waals surface area contributed by atoms with Gasteiger partial charge in [0.2, 0.25) is 0 Å². The summed E-state index contributed by atoms with van der Waals surface area (Å²) in [6, 6.07) is 0. The van der Waals surface area contributed by atoms with Crippen LogP contribution in [0, 0.1) is 0 Å². The van der Waals surface area contributed by atoms with Crippen LogP contribution in [0.3, 0.4) is 0 Å². The minimum Gasteiger partial charge on any atom is -0.379 e. The van der Waals surface area contributed by atoms with Crippen LogP contribution in [-0.4, -0.2) is 48.0 Å². The largest absolute Gasteiger partial charge is 0.379 e. The average Bonchev–Trinajstić information content (AvgIpc) is 3.00. The summed E-state index contributed by atoms with van der Waals surface area (Å²) >= 11 is 0. The standard InChI is InChI=1S/C19H39O7P/c1-3-4-5-6-7-8-9-10-11-14-23-16-18-17-24-19(2,25-18)13-12-15-27(21,22)26-20/h18,20H,3-17H2,1-2H3,(H,21,22). The molecule has 0 aromatic rings. The molecule has 0 radical (unpaired) electrons. The van der Waals surface area contributed by atoms with Crippen LogP contribution in [0.5, 0.6) is 0 Å². The van der Waals surface area contributed by atoms with E-state index in [0.717, 1.165) is 13.0 Å².